The number of ether oxygens (including phenoxy) is 2. The van der Waals surface area contributed by atoms with Gasteiger partial charge in [0.15, 0.2) is 0 Å². The molecule has 1 aliphatic rings. The number of benzene rings is 1. The first-order valence-electron chi connectivity index (χ1n) is 11.6. The van der Waals surface area contributed by atoms with Gasteiger partial charge in [-0.1, -0.05) is 28.1 Å². The largest absolute Gasteiger partial charge is 0.464 e. The van der Waals surface area contributed by atoms with Gasteiger partial charge >= 0.3 is 12.1 Å². The third-order valence-corrected chi connectivity index (χ3v) is 7.23. The summed E-state index contributed by atoms with van der Waals surface area (Å²) in [6.07, 6.45) is 0.866. The molecule has 1 aromatic carbocycles. The fourth-order valence-corrected chi connectivity index (χ4v) is 4.98. The molecule has 1 N–H and O–H groups in total. The number of halogens is 1. The lowest BCUT2D eigenvalue weighted by molar-refractivity contribution is -0.148. The summed E-state index contributed by atoms with van der Waals surface area (Å²) in [5, 5.41) is 2.60. The van der Waals surface area contributed by atoms with E-state index >= 15 is 0 Å². The summed E-state index contributed by atoms with van der Waals surface area (Å²) < 4.78 is 42.3. The van der Waals surface area contributed by atoms with Crippen molar-refractivity contribution in [3.05, 3.63) is 54.0 Å². The van der Waals surface area contributed by atoms with Crippen molar-refractivity contribution in [2.24, 2.45) is 5.92 Å². The molecule has 3 atom stereocenters. The Kier molecular flexibility index (Phi) is 10.5. The predicted molar refractivity (Wildman–Crippen MR) is 140 cm³/mol. The summed E-state index contributed by atoms with van der Waals surface area (Å²) in [7, 11) is -4.19. The van der Waals surface area contributed by atoms with Crippen LogP contribution in [0.25, 0.3) is 0 Å². The molecule has 0 aliphatic carbocycles. The zero-order valence-corrected chi connectivity index (χ0v) is 23.7. The van der Waals surface area contributed by atoms with Crippen molar-refractivity contribution >= 4 is 44.0 Å². The molecule has 2 amide bonds. The molecule has 1 heterocycles. The molecule has 1 aliphatic heterocycles. The number of nitrogens with one attached hydrogen (secondary N) is 1. The van der Waals surface area contributed by atoms with Crippen molar-refractivity contribution in [1.82, 2.24) is 10.2 Å². The number of amides is 2. The molecule has 0 aromatic heterocycles. The van der Waals surface area contributed by atoms with E-state index < -0.39 is 57.8 Å². The lowest BCUT2D eigenvalue weighted by Crippen LogP contribution is -2.53. The first kappa shape index (κ1) is 30.5. The van der Waals surface area contributed by atoms with Gasteiger partial charge in [0.25, 0.3) is 10.1 Å². The SMILES string of the molecule is C=CC(C=C)C(NC(=O)[C@@H]1C[C@H](OS(=O)(=O)c2ccc(Br)cc2)CN1C(=O)OC(C)(C)C)C(=O)OCC. The number of nitrogens with zero attached hydrogens (tertiary/aromatic N) is 1. The Hall–Kier alpha value is -2.70. The highest BCUT2D eigenvalue weighted by Gasteiger charge is 2.45. The van der Waals surface area contributed by atoms with Gasteiger partial charge in [0.2, 0.25) is 5.91 Å². The maximum absolute atomic E-state index is 13.4. The van der Waals surface area contributed by atoms with E-state index in [9.17, 15) is 22.8 Å². The van der Waals surface area contributed by atoms with Crippen molar-refractivity contribution in [1.29, 1.82) is 0 Å². The van der Waals surface area contributed by atoms with Gasteiger partial charge in [0, 0.05) is 16.8 Å². The Morgan fingerprint density at radius 1 is 1.19 bits per heavy atom. The summed E-state index contributed by atoms with van der Waals surface area (Å²) in [6.45, 7) is 13.8. The van der Waals surface area contributed by atoms with Gasteiger partial charge in [-0.15, -0.1) is 13.2 Å². The molecular formula is C25H33BrN2O8S. The lowest BCUT2D eigenvalue weighted by Gasteiger charge is -2.29. The third-order valence-electron chi connectivity index (χ3n) is 5.33. The second-order valence-corrected chi connectivity index (χ2v) is 11.8. The molecule has 1 unspecified atom stereocenters. The van der Waals surface area contributed by atoms with Crippen LogP contribution in [0.15, 0.2) is 58.9 Å². The molecule has 1 aromatic rings. The molecule has 37 heavy (non-hydrogen) atoms. The van der Waals surface area contributed by atoms with Crippen LogP contribution in [0.5, 0.6) is 0 Å². The first-order valence-corrected chi connectivity index (χ1v) is 13.8. The van der Waals surface area contributed by atoms with Crippen LogP contribution < -0.4 is 5.32 Å². The average molecular weight is 602 g/mol. The molecule has 2 rings (SSSR count). The van der Waals surface area contributed by atoms with Crippen molar-refractivity contribution in [3.63, 3.8) is 0 Å². The van der Waals surface area contributed by atoms with Crippen LogP contribution in [0.2, 0.25) is 0 Å². The van der Waals surface area contributed by atoms with E-state index in [4.69, 9.17) is 13.7 Å². The van der Waals surface area contributed by atoms with Gasteiger partial charge in [0.1, 0.15) is 17.7 Å². The minimum atomic E-state index is -4.19. The minimum absolute atomic E-state index is 0.0744. The number of hydrogen-bond donors (Lipinski definition) is 1. The van der Waals surface area contributed by atoms with Crippen LogP contribution in [0.3, 0.4) is 0 Å². The summed E-state index contributed by atoms with van der Waals surface area (Å²) in [4.78, 5) is 39.9. The summed E-state index contributed by atoms with van der Waals surface area (Å²) in [5.41, 5.74) is -0.870. The molecule has 0 bridgehead atoms. The number of carbonyl (C=O) groups is 3. The lowest BCUT2D eigenvalue weighted by atomic mass is 9.99. The van der Waals surface area contributed by atoms with Crippen molar-refractivity contribution in [2.75, 3.05) is 13.2 Å². The Labute approximate surface area is 226 Å². The Morgan fingerprint density at radius 2 is 1.78 bits per heavy atom. The van der Waals surface area contributed by atoms with Crippen molar-refractivity contribution < 1.29 is 36.5 Å². The number of rotatable bonds is 10. The maximum Gasteiger partial charge on any atom is 0.411 e. The Balaban J connectivity index is 2.32. The van der Waals surface area contributed by atoms with E-state index in [2.05, 4.69) is 34.4 Å². The van der Waals surface area contributed by atoms with E-state index in [1.807, 2.05) is 0 Å². The van der Waals surface area contributed by atoms with Gasteiger partial charge in [-0.2, -0.15) is 8.42 Å². The van der Waals surface area contributed by atoms with Gasteiger partial charge < -0.3 is 14.8 Å². The van der Waals surface area contributed by atoms with E-state index in [-0.39, 0.29) is 24.5 Å². The van der Waals surface area contributed by atoms with Gasteiger partial charge in [-0.05, 0) is 52.0 Å². The predicted octanol–water partition coefficient (Wildman–Crippen LogP) is 3.57. The van der Waals surface area contributed by atoms with Crippen molar-refractivity contribution in [3.8, 4) is 0 Å². The normalized spacial score (nSPS) is 18.7. The number of hydrogen-bond acceptors (Lipinski definition) is 8. The Bertz CT molecular complexity index is 1110. The summed E-state index contributed by atoms with van der Waals surface area (Å²) in [6, 6.07) is 3.54. The quantitative estimate of drug-likeness (QED) is 0.245. The van der Waals surface area contributed by atoms with Crippen LogP contribution in [-0.2, 0) is 33.4 Å². The van der Waals surface area contributed by atoms with Crippen LogP contribution in [0.1, 0.15) is 34.1 Å². The molecular weight excluding hydrogens is 568 g/mol. The molecule has 1 saturated heterocycles. The maximum atomic E-state index is 13.4. The fraction of sp³-hybridized carbons (Fsp3) is 0.480. The smallest absolute Gasteiger partial charge is 0.411 e. The zero-order chi connectivity index (χ0) is 28.0. The summed E-state index contributed by atoms with van der Waals surface area (Å²) >= 11 is 3.25. The zero-order valence-electron chi connectivity index (χ0n) is 21.3. The molecule has 10 nitrogen and oxygen atoms in total. The van der Waals surface area contributed by atoms with E-state index in [1.165, 1.54) is 24.3 Å². The third kappa shape index (κ3) is 8.41. The van der Waals surface area contributed by atoms with Crippen LogP contribution in [0.4, 0.5) is 4.79 Å². The van der Waals surface area contributed by atoms with Gasteiger partial charge in [-0.3, -0.25) is 13.9 Å². The molecule has 204 valence electrons. The number of carbonyl (C=O) groups excluding carboxylic acids is 3. The van der Waals surface area contributed by atoms with Crippen LogP contribution >= 0.6 is 15.9 Å². The van der Waals surface area contributed by atoms with E-state index in [1.54, 1.807) is 39.8 Å². The molecule has 0 radical (unpaired) electrons. The highest BCUT2D eigenvalue weighted by Crippen LogP contribution is 2.27. The number of likely N-dealkylation sites (tertiary alicyclic amines) is 1. The Morgan fingerprint density at radius 3 is 2.30 bits per heavy atom. The second kappa shape index (κ2) is 12.7. The minimum Gasteiger partial charge on any atom is -0.464 e. The van der Waals surface area contributed by atoms with E-state index in [0.29, 0.717) is 4.47 Å². The number of esters is 1. The standard InChI is InChI=1S/C25H33BrN2O8S/c1-7-16(8-2)21(23(30)34-9-3)27-22(29)20-14-18(15-28(20)24(31)35-25(4,5)6)36-37(32,33)19-12-10-17(26)11-13-19/h7-8,10-13,16,18,20-21H,1-2,9,14-15H2,3-6H3,(H,27,29)/t18-,20-,21?/m0/s1. The molecule has 12 heteroatoms. The van der Waals surface area contributed by atoms with Gasteiger partial charge in [0.05, 0.1) is 24.2 Å². The molecule has 0 saturated carbocycles. The summed E-state index contributed by atoms with van der Waals surface area (Å²) in [5.74, 6) is -2.05. The van der Waals surface area contributed by atoms with E-state index in [0.717, 1.165) is 4.90 Å². The van der Waals surface area contributed by atoms with Crippen LogP contribution in [-0.4, -0.2) is 68.2 Å². The van der Waals surface area contributed by atoms with Gasteiger partial charge in [-0.25, -0.2) is 9.59 Å². The highest BCUT2D eigenvalue weighted by molar-refractivity contribution is 9.10. The average Bonchev–Trinajstić information content (AvgIpc) is 3.22. The molecule has 1 fully saturated rings. The second-order valence-electron chi connectivity index (χ2n) is 9.30. The first-order chi connectivity index (χ1) is 17.2. The van der Waals surface area contributed by atoms with Crippen LogP contribution in [0, 0.1) is 5.92 Å². The molecule has 0 spiro atoms. The topological polar surface area (TPSA) is 128 Å². The monoisotopic (exact) mass is 600 g/mol. The fourth-order valence-electron chi connectivity index (χ4n) is 3.64. The van der Waals surface area contributed by atoms with Crippen molar-refractivity contribution in [2.45, 2.75) is 62.8 Å². The highest BCUT2D eigenvalue weighted by atomic mass is 79.9.